The van der Waals surface area contributed by atoms with Gasteiger partial charge in [0.25, 0.3) is 0 Å². The lowest BCUT2D eigenvalue weighted by atomic mass is 10.1. The van der Waals surface area contributed by atoms with Gasteiger partial charge in [-0.2, -0.15) is 4.98 Å². The molecule has 0 spiro atoms. The summed E-state index contributed by atoms with van der Waals surface area (Å²) in [5, 5.41) is 15.0. The number of hydrogen-bond acceptors (Lipinski definition) is 5. The number of nitrogens with zero attached hydrogens (tertiary/aromatic N) is 2. The van der Waals surface area contributed by atoms with Crippen molar-refractivity contribution in [3.63, 3.8) is 0 Å². The van der Waals surface area contributed by atoms with E-state index in [1.807, 2.05) is 13.8 Å². The van der Waals surface area contributed by atoms with Crippen LogP contribution < -0.4 is 10.6 Å². The summed E-state index contributed by atoms with van der Waals surface area (Å²) >= 11 is 0. The molecule has 5 heteroatoms. The lowest BCUT2D eigenvalue weighted by Gasteiger charge is -2.24. The van der Waals surface area contributed by atoms with E-state index < -0.39 is 0 Å². The highest BCUT2D eigenvalue weighted by Crippen LogP contribution is 2.12. The lowest BCUT2D eigenvalue weighted by Crippen LogP contribution is -2.35. The zero-order valence-corrected chi connectivity index (χ0v) is 8.70. The second-order valence-electron chi connectivity index (χ2n) is 3.68. The molecule has 5 nitrogen and oxygen atoms in total. The molecule has 1 aromatic rings. The van der Waals surface area contributed by atoms with Crippen molar-refractivity contribution < 1.29 is 5.11 Å². The fraction of sp³-hybridized carbons (Fsp3) is 0.556. The molecule has 0 radical (unpaired) electrons. The molecule has 0 saturated heterocycles. The van der Waals surface area contributed by atoms with Crippen LogP contribution in [0.15, 0.2) is 12.3 Å². The number of rotatable bonds is 4. The molecule has 0 unspecified atom stereocenters. The molecule has 14 heavy (non-hydrogen) atoms. The van der Waals surface area contributed by atoms with Gasteiger partial charge in [-0.25, -0.2) is 4.98 Å². The maximum atomic E-state index is 9.06. The number of anilines is 2. The van der Waals surface area contributed by atoms with Crippen LogP contribution in [0.4, 0.5) is 11.8 Å². The number of nitrogens with one attached hydrogen (secondary N) is 2. The Morgan fingerprint density at radius 1 is 1.50 bits per heavy atom. The Hall–Kier alpha value is -1.36. The first-order chi connectivity index (χ1) is 6.57. The average Bonchev–Trinajstić information content (AvgIpc) is 2.17. The van der Waals surface area contributed by atoms with E-state index in [1.165, 1.54) is 0 Å². The summed E-state index contributed by atoms with van der Waals surface area (Å²) in [5.74, 6) is 1.26. The van der Waals surface area contributed by atoms with E-state index in [1.54, 1.807) is 19.3 Å². The monoisotopic (exact) mass is 196 g/mol. The molecule has 0 bridgehead atoms. The third-order valence-electron chi connectivity index (χ3n) is 1.74. The SMILES string of the molecule is CNc1nccc(NC(C)(C)CO)n1. The molecule has 1 rings (SSSR count). The second-order valence-corrected chi connectivity index (χ2v) is 3.68. The van der Waals surface area contributed by atoms with Gasteiger partial charge in [-0.05, 0) is 19.9 Å². The van der Waals surface area contributed by atoms with E-state index in [4.69, 9.17) is 5.11 Å². The van der Waals surface area contributed by atoms with Crippen molar-refractivity contribution in [3.05, 3.63) is 12.3 Å². The van der Waals surface area contributed by atoms with Crippen LogP contribution in [0.25, 0.3) is 0 Å². The predicted octanol–water partition coefficient (Wildman–Crippen LogP) is 0.701. The fourth-order valence-electron chi connectivity index (χ4n) is 0.935. The van der Waals surface area contributed by atoms with Gasteiger partial charge >= 0.3 is 0 Å². The quantitative estimate of drug-likeness (QED) is 0.661. The van der Waals surface area contributed by atoms with E-state index in [0.29, 0.717) is 11.8 Å². The summed E-state index contributed by atoms with van der Waals surface area (Å²) in [6.07, 6.45) is 1.66. The first kappa shape index (κ1) is 10.7. The van der Waals surface area contributed by atoms with Crippen LogP contribution in [0, 0.1) is 0 Å². The molecule has 0 amide bonds. The molecule has 1 aromatic heterocycles. The van der Waals surface area contributed by atoms with E-state index in [2.05, 4.69) is 20.6 Å². The van der Waals surface area contributed by atoms with Crippen molar-refractivity contribution in [3.8, 4) is 0 Å². The molecule has 3 N–H and O–H groups in total. The Balaban J connectivity index is 2.76. The Morgan fingerprint density at radius 2 is 2.21 bits per heavy atom. The highest BCUT2D eigenvalue weighted by molar-refractivity contribution is 5.41. The zero-order valence-electron chi connectivity index (χ0n) is 8.70. The third-order valence-corrected chi connectivity index (χ3v) is 1.74. The highest BCUT2D eigenvalue weighted by atomic mass is 16.3. The molecule has 78 valence electrons. The number of aliphatic hydroxyl groups excluding tert-OH is 1. The predicted molar refractivity (Wildman–Crippen MR) is 56.4 cm³/mol. The van der Waals surface area contributed by atoms with Crippen molar-refractivity contribution in [2.45, 2.75) is 19.4 Å². The molecule has 1 heterocycles. The molecule has 0 aliphatic heterocycles. The van der Waals surface area contributed by atoms with Gasteiger partial charge in [-0.15, -0.1) is 0 Å². The van der Waals surface area contributed by atoms with E-state index in [9.17, 15) is 0 Å². The van der Waals surface area contributed by atoms with Crippen molar-refractivity contribution >= 4 is 11.8 Å². The van der Waals surface area contributed by atoms with Crippen LogP contribution >= 0.6 is 0 Å². The topological polar surface area (TPSA) is 70.1 Å². The van der Waals surface area contributed by atoms with Crippen LogP contribution in [-0.2, 0) is 0 Å². The zero-order chi connectivity index (χ0) is 10.6. The van der Waals surface area contributed by atoms with Gasteiger partial charge in [0.05, 0.1) is 12.1 Å². The number of aliphatic hydroxyl groups is 1. The summed E-state index contributed by atoms with van der Waals surface area (Å²) in [4.78, 5) is 8.17. The minimum absolute atomic E-state index is 0.0475. The van der Waals surface area contributed by atoms with Crippen LogP contribution in [0.1, 0.15) is 13.8 Å². The molecule has 0 aromatic carbocycles. The van der Waals surface area contributed by atoms with E-state index in [0.717, 1.165) is 0 Å². The third kappa shape index (κ3) is 2.85. The molecule has 0 saturated carbocycles. The summed E-state index contributed by atoms with van der Waals surface area (Å²) < 4.78 is 0. The van der Waals surface area contributed by atoms with Crippen LogP contribution in [0.5, 0.6) is 0 Å². The summed E-state index contributed by atoms with van der Waals surface area (Å²) in [6, 6.07) is 1.76. The smallest absolute Gasteiger partial charge is 0.224 e. The second kappa shape index (κ2) is 4.23. The normalized spacial score (nSPS) is 11.1. The van der Waals surface area contributed by atoms with Gasteiger partial charge in [0.2, 0.25) is 5.95 Å². The fourth-order valence-corrected chi connectivity index (χ4v) is 0.935. The average molecular weight is 196 g/mol. The van der Waals surface area contributed by atoms with Gasteiger partial charge in [0, 0.05) is 13.2 Å². The maximum Gasteiger partial charge on any atom is 0.224 e. The Kier molecular flexibility index (Phi) is 3.24. The van der Waals surface area contributed by atoms with Crippen molar-refractivity contribution in [2.24, 2.45) is 0 Å². The Labute approximate surface area is 83.6 Å². The molecule has 0 aliphatic carbocycles. The molecule has 0 fully saturated rings. The molecular weight excluding hydrogens is 180 g/mol. The first-order valence-corrected chi connectivity index (χ1v) is 4.47. The van der Waals surface area contributed by atoms with E-state index >= 15 is 0 Å². The van der Waals surface area contributed by atoms with Gasteiger partial charge < -0.3 is 15.7 Å². The lowest BCUT2D eigenvalue weighted by molar-refractivity contribution is 0.234. The van der Waals surface area contributed by atoms with Gasteiger partial charge in [-0.3, -0.25) is 0 Å². The van der Waals surface area contributed by atoms with Crippen LogP contribution in [0.2, 0.25) is 0 Å². The number of hydrogen-bond donors (Lipinski definition) is 3. The van der Waals surface area contributed by atoms with Crippen molar-refractivity contribution in [1.29, 1.82) is 0 Å². The molecular formula is C9H16N4O. The minimum atomic E-state index is -0.376. The maximum absolute atomic E-state index is 9.06. The molecule has 0 aliphatic rings. The highest BCUT2D eigenvalue weighted by Gasteiger charge is 2.16. The minimum Gasteiger partial charge on any atom is -0.394 e. The van der Waals surface area contributed by atoms with Crippen molar-refractivity contribution in [2.75, 3.05) is 24.3 Å². The van der Waals surface area contributed by atoms with Gasteiger partial charge in [0.1, 0.15) is 5.82 Å². The van der Waals surface area contributed by atoms with Gasteiger partial charge in [0.15, 0.2) is 0 Å². The Bertz CT molecular complexity index is 301. The Morgan fingerprint density at radius 3 is 2.79 bits per heavy atom. The van der Waals surface area contributed by atoms with Gasteiger partial charge in [-0.1, -0.05) is 0 Å². The van der Waals surface area contributed by atoms with Crippen LogP contribution in [0.3, 0.4) is 0 Å². The standard InChI is InChI=1S/C9H16N4O/c1-9(2,6-14)13-7-4-5-11-8(10-3)12-7/h4-5,14H,6H2,1-3H3,(H2,10,11,12,13). The van der Waals surface area contributed by atoms with Crippen molar-refractivity contribution in [1.82, 2.24) is 9.97 Å². The number of aromatic nitrogens is 2. The van der Waals surface area contributed by atoms with Crippen LogP contribution in [-0.4, -0.2) is 34.3 Å². The first-order valence-electron chi connectivity index (χ1n) is 4.47. The molecule has 0 atom stereocenters. The summed E-state index contributed by atoms with van der Waals surface area (Å²) in [6.45, 7) is 3.84. The summed E-state index contributed by atoms with van der Waals surface area (Å²) in [5.41, 5.74) is -0.376. The van der Waals surface area contributed by atoms with E-state index in [-0.39, 0.29) is 12.1 Å². The summed E-state index contributed by atoms with van der Waals surface area (Å²) in [7, 11) is 1.76. The largest absolute Gasteiger partial charge is 0.394 e.